The van der Waals surface area contributed by atoms with Crippen molar-refractivity contribution in [2.45, 2.75) is 25.4 Å². The molecule has 1 aromatic heterocycles. The maximum atomic E-state index is 12.1. The van der Waals surface area contributed by atoms with Crippen molar-refractivity contribution in [3.63, 3.8) is 0 Å². The van der Waals surface area contributed by atoms with Gasteiger partial charge in [0.15, 0.2) is 0 Å². The lowest BCUT2D eigenvalue weighted by Gasteiger charge is -2.15. The van der Waals surface area contributed by atoms with E-state index in [1.165, 1.54) is 0 Å². The molecule has 0 spiro atoms. The first-order valence-electron chi connectivity index (χ1n) is 8.24. The zero-order valence-electron chi connectivity index (χ0n) is 13.8. The topological polar surface area (TPSA) is 85.2 Å². The van der Waals surface area contributed by atoms with E-state index in [-0.39, 0.29) is 6.42 Å². The number of ether oxygens (including phenoxy) is 1. The number of aromatic nitrogens is 1. The largest absolute Gasteiger partial charge is 0.447 e. The Balaban J connectivity index is 1.56. The van der Waals surface area contributed by atoms with Crippen molar-refractivity contribution in [3.05, 3.63) is 71.9 Å². The van der Waals surface area contributed by atoms with Crippen LogP contribution in [0.15, 0.2) is 60.8 Å². The molecule has 128 valence electrons. The molecule has 3 rings (SSSR count). The number of nitrogens with two attached hydrogens (primary N) is 1. The molecule has 0 aliphatic heterocycles. The summed E-state index contributed by atoms with van der Waals surface area (Å²) < 4.78 is 5.28. The van der Waals surface area contributed by atoms with Crippen molar-refractivity contribution < 1.29 is 14.3 Å². The third kappa shape index (κ3) is 4.07. The minimum atomic E-state index is -1.04. The van der Waals surface area contributed by atoms with Crippen LogP contribution < -0.4 is 5.73 Å². The van der Waals surface area contributed by atoms with Crippen molar-refractivity contribution in [2.75, 3.05) is 0 Å². The van der Waals surface area contributed by atoms with E-state index in [0.29, 0.717) is 12.0 Å². The van der Waals surface area contributed by atoms with Crippen LogP contribution in [-0.4, -0.2) is 16.9 Å². The Morgan fingerprint density at radius 3 is 2.52 bits per heavy atom. The number of rotatable bonds is 7. The molecule has 1 amide bonds. The predicted molar refractivity (Wildman–Crippen MR) is 95.7 cm³/mol. The number of hydrogen-bond donors (Lipinski definition) is 2. The fraction of sp³-hybridized carbons (Fsp3) is 0.200. The molecule has 0 fully saturated rings. The van der Waals surface area contributed by atoms with Crippen molar-refractivity contribution in [2.24, 2.45) is 5.73 Å². The molecule has 1 atom stereocenters. The molecule has 1 heterocycles. The first-order valence-corrected chi connectivity index (χ1v) is 8.24. The van der Waals surface area contributed by atoms with Gasteiger partial charge in [0, 0.05) is 29.1 Å². The summed E-state index contributed by atoms with van der Waals surface area (Å²) in [5.41, 5.74) is 8.19. The molecule has 3 aromatic rings. The highest BCUT2D eigenvalue weighted by Gasteiger charge is 2.22. The number of esters is 1. The second-order valence-corrected chi connectivity index (χ2v) is 5.90. The molecule has 3 N–H and O–H groups in total. The summed E-state index contributed by atoms with van der Waals surface area (Å²) in [6.45, 7) is 0. The minimum Gasteiger partial charge on any atom is -0.447 e. The van der Waals surface area contributed by atoms with E-state index in [0.717, 1.165) is 22.9 Å². The van der Waals surface area contributed by atoms with E-state index >= 15 is 0 Å². The Morgan fingerprint density at radius 2 is 1.76 bits per heavy atom. The maximum Gasteiger partial charge on any atom is 0.306 e. The number of fused-ring (bicyclic) bond motifs is 1. The lowest BCUT2D eigenvalue weighted by molar-refractivity contribution is -0.155. The Labute approximate surface area is 145 Å². The second-order valence-electron chi connectivity index (χ2n) is 5.90. The van der Waals surface area contributed by atoms with Gasteiger partial charge in [-0.15, -0.1) is 0 Å². The van der Waals surface area contributed by atoms with Gasteiger partial charge in [0.1, 0.15) is 0 Å². The van der Waals surface area contributed by atoms with Gasteiger partial charge in [0.2, 0.25) is 6.10 Å². The number of benzene rings is 2. The van der Waals surface area contributed by atoms with Gasteiger partial charge >= 0.3 is 5.97 Å². The van der Waals surface area contributed by atoms with E-state index in [1.807, 2.05) is 30.5 Å². The van der Waals surface area contributed by atoms with Gasteiger partial charge in [-0.2, -0.15) is 0 Å². The van der Waals surface area contributed by atoms with Crippen LogP contribution in [0.2, 0.25) is 0 Å². The zero-order chi connectivity index (χ0) is 17.6. The number of hydrogen-bond acceptors (Lipinski definition) is 3. The van der Waals surface area contributed by atoms with Gasteiger partial charge in [0.05, 0.1) is 0 Å². The Morgan fingerprint density at radius 1 is 1.04 bits per heavy atom. The number of nitrogens with one attached hydrogen (secondary N) is 1. The highest BCUT2D eigenvalue weighted by atomic mass is 16.5. The molecule has 1 unspecified atom stereocenters. The number of primary amides is 1. The molecular weight excluding hydrogens is 316 g/mol. The summed E-state index contributed by atoms with van der Waals surface area (Å²) in [5, 5.41) is 1.16. The van der Waals surface area contributed by atoms with Gasteiger partial charge in [-0.25, -0.2) is 0 Å². The minimum absolute atomic E-state index is 0.232. The van der Waals surface area contributed by atoms with Crippen molar-refractivity contribution >= 4 is 22.8 Å². The van der Waals surface area contributed by atoms with E-state index in [4.69, 9.17) is 10.5 Å². The third-order valence-corrected chi connectivity index (χ3v) is 4.11. The zero-order valence-corrected chi connectivity index (χ0v) is 13.8. The summed E-state index contributed by atoms with van der Waals surface area (Å²) in [4.78, 5) is 26.9. The van der Waals surface area contributed by atoms with Crippen LogP contribution in [0.5, 0.6) is 0 Å². The number of aryl methyl sites for hydroxylation is 1. The summed E-state index contributed by atoms with van der Waals surface area (Å²) in [5.74, 6) is -1.09. The Hall–Kier alpha value is -3.08. The number of para-hydroxylation sites is 1. The molecule has 0 bridgehead atoms. The first-order chi connectivity index (χ1) is 12.1. The molecule has 5 heteroatoms. The standard InChI is InChI=1S/C20H20N2O3/c21-20(24)19(14-7-2-1-3-8-14)25-18(23)12-6-9-15-13-22-17-11-5-4-10-16(15)17/h1-5,7-8,10-11,13,19,22H,6,9,12H2,(H2,21,24). The van der Waals surface area contributed by atoms with Gasteiger partial charge in [-0.1, -0.05) is 48.5 Å². The summed E-state index contributed by atoms with van der Waals surface area (Å²) in [7, 11) is 0. The molecule has 25 heavy (non-hydrogen) atoms. The highest BCUT2D eigenvalue weighted by Crippen LogP contribution is 2.21. The van der Waals surface area contributed by atoms with Gasteiger partial charge in [0.25, 0.3) is 5.91 Å². The number of amides is 1. The van der Waals surface area contributed by atoms with Crippen LogP contribution in [0, 0.1) is 0 Å². The molecule has 0 saturated carbocycles. The normalized spacial score (nSPS) is 12.0. The molecule has 0 aliphatic rings. The number of aromatic amines is 1. The van der Waals surface area contributed by atoms with Crippen molar-refractivity contribution in [1.82, 2.24) is 4.98 Å². The average Bonchev–Trinajstić information content (AvgIpc) is 3.03. The van der Waals surface area contributed by atoms with E-state index in [1.54, 1.807) is 24.3 Å². The second kappa shape index (κ2) is 7.66. The summed E-state index contributed by atoms with van der Waals surface area (Å²) in [6, 6.07) is 16.8. The quantitative estimate of drug-likeness (QED) is 0.649. The molecular formula is C20H20N2O3. The van der Waals surface area contributed by atoms with E-state index < -0.39 is 18.0 Å². The lowest BCUT2D eigenvalue weighted by atomic mass is 10.1. The predicted octanol–water partition coefficient (Wildman–Crippen LogP) is 3.26. The van der Waals surface area contributed by atoms with Gasteiger partial charge in [-0.3, -0.25) is 9.59 Å². The van der Waals surface area contributed by atoms with Crippen molar-refractivity contribution in [1.29, 1.82) is 0 Å². The van der Waals surface area contributed by atoms with Crippen LogP contribution in [0.3, 0.4) is 0 Å². The van der Waals surface area contributed by atoms with Crippen molar-refractivity contribution in [3.8, 4) is 0 Å². The van der Waals surface area contributed by atoms with Crippen LogP contribution in [-0.2, 0) is 20.7 Å². The Bertz CT molecular complexity index is 871. The first kappa shape index (κ1) is 16.8. The van der Waals surface area contributed by atoms with E-state index in [2.05, 4.69) is 11.1 Å². The van der Waals surface area contributed by atoms with Gasteiger partial charge < -0.3 is 15.5 Å². The number of carbonyl (C=O) groups is 2. The van der Waals surface area contributed by atoms with Gasteiger partial charge in [-0.05, 0) is 24.5 Å². The molecule has 5 nitrogen and oxygen atoms in total. The smallest absolute Gasteiger partial charge is 0.306 e. The number of H-pyrrole nitrogens is 1. The summed E-state index contributed by atoms with van der Waals surface area (Å²) in [6.07, 6.45) is 2.55. The van der Waals surface area contributed by atoms with Crippen LogP contribution in [0.25, 0.3) is 10.9 Å². The molecule has 0 saturated heterocycles. The average molecular weight is 336 g/mol. The fourth-order valence-corrected chi connectivity index (χ4v) is 2.87. The molecule has 0 radical (unpaired) electrons. The monoisotopic (exact) mass is 336 g/mol. The van der Waals surface area contributed by atoms with Crippen LogP contribution >= 0.6 is 0 Å². The Kier molecular flexibility index (Phi) is 5.14. The molecule has 0 aliphatic carbocycles. The van der Waals surface area contributed by atoms with Crippen LogP contribution in [0.4, 0.5) is 0 Å². The lowest BCUT2D eigenvalue weighted by Crippen LogP contribution is -2.26. The SMILES string of the molecule is NC(=O)C(OC(=O)CCCc1c[nH]c2ccccc12)c1ccccc1. The summed E-state index contributed by atoms with van der Waals surface area (Å²) >= 11 is 0. The fourth-order valence-electron chi connectivity index (χ4n) is 2.87. The number of carbonyl (C=O) groups excluding carboxylic acids is 2. The molecule has 2 aromatic carbocycles. The maximum absolute atomic E-state index is 12.1. The van der Waals surface area contributed by atoms with Crippen LogP contribution in [0.1, 0.15) is 30.1 Å². The van der Waals surface area contributed by atoms with E-state index in [9.17, 15) is 9.59 Å². The highest BCUT2D eigenvalue weighted by molar-refractivity contribution is 5.84. The third-order valence-electron chi connectivity index (χ3n) is 4.11.